The van der Waals surface area contributed by atoms with Crippen LogP contribution in [0, 0.1) is 6.92 Å². The van der Waals surface area contributed by atoms with Crippen molar-refractivity contribution in [2.45, 2.75) is 6.92 Å². The van der Waals surface area contributed by atoms with Gasteiger partial charge in [0, 0.05) is 16.6 Å². The molecule has 0 spiro atoms. The number of rotatable bonds is 1. The maximum absolute atomic E-state index is 6.03. The molecule has 0 fully saturated rings. The summed E-state index contributed by atoms with van der Waals surface area (Å²) in [6.45, 7) is 1.99. The third-order valence-corrected chi connectivity index (χ3v) is 2.62. The van der Waals surface area contributed by atoms with Gasteiger partial charge in [-0.25, -0.2) is 0 Å². The first-order chi connectivity index (χ1) is 6.24. The Morgan fingerprint density at radius 1 is 1.46 bits per heavy atom. The molecule has 13 heavy (non-hydrogen) atoms. The minimum absolute atomic E-state index is 0.729. The van der Waals surface area contributed by atoms with E-state index in [0.717, 1.165) is 27.2 Å². The molecule has 1 aromatic carbocycles. The molecule has 0 amide bonds. The SMILES string of the molecule is COc1cc(Cl)c(C)c2[nH]ccc12. The smallest absolute Gasteiger partial charge is 0.129 e. The molecule has 68 valence electrons. The predicted octanol–water partition coefficient (Wildman–Crippen LogP) is 3.14. The number of H-pyrrole nitrogens is 1. The molecule has 0 saturated heterocycles. The van der Waals surface area contributed by atoms with Crippen LogP contribution < -0.4 is 4.74 Å². The number of aromatic nitrogens is 1. The van der Waals surface area contributed by atoms with Crippen LogP contribution >= 0.6 is 11.6 Å². The van der Waals surface area contributed by atoms with E-state index in [-0.39, 0.29) is 0 Å². The maximum atomic E-state index is 6.03. The second-order valence-electron chi connectivity index (χ2n) is 2.95. The number of ether oxygens (including phenoxy) is 1. The third kappa shape index (κ3) is 1.18. The highest BCUT2D eigenvalue weighted by molar-refractivity contribution is 6.32. The number of hydrogen-bond donors (Lipinski definition) is 1. The fourth-order valence-electron chi connectivity index (χ4n) is 1.47. The summed E-state index contributed by atoms with van der Waals surface area (Å²) in [5, 5.41) is 1.80. The summed E-state index contributed by atoms with van der Waals surface area (Å²) in [5.74, 6) is 0.812. The van der Waals surface area contributed by atoms with Crippen molar-refractivity contribution in [1.82, 2.24) is 4.98 Å². The van der Waals surface area contributed by atoms with Crippen LogP contribution in [0.4, 0.5) is 0 Å². The molecule has 2 aromatic rings. The van der Waals surface area contributed by atoms with Crippen LogP contribution in [0.1, 0.15) is 5.56 Å². The average Bonchev–Trinajstić information content (AvgIpc) is 2.60. The summed E-state index contributed by atoms with van der Waals surface area (Å²) in [6, 6.07) is 3.82. The lowest BCUT2D eigenvalue weighted by molar-refractivity contribution is 0.420. The normalized spacial score (nSPS) is 10.7. The van der Waals surface area contributed by atoms with Gasteiger partial charge in [-0.3, -0.25) is 0 Å². The van der Waals surface area contributed by atoms with Crippen molar-refractivity contribution in [2.75, 3.05) is 7.11 Å². The van der Waals surface area contributed by atoms with Gasteiger partial charge in [-0.05, 0) is 24.6 Å². The van der Waals surface area contributed by atoms with Crippen molar-refractivity contribution in [1.29, 1.82) is 0 Å². The van der Waals surface area contributed by atoms with Crippen LogP contribution in [-0.2, 0) is 0 Å². The van der Waals surface area contributed by atoms with E-state index in [1.165, 1.54) is 0 Å². The second-order valence-corrected chi connectivity index (χ2v) is 3.36. The molecule has 2 nitrogen and oxygen atoms in total. The van der Waals surface area contributed by atoms with Crippen molar-refractivity contribution >= 4 is 22.5 Å². The molecule has 1 heterocycles. The minimum atomic E-state index is 0.729. The van der Waals surface area contributed by atoms with Gasteiger partial charge < -0.3 is 9.72 Å². The minimum Gasteiger partial charge on any atom is -0.496 e. The number of aryl methyl sites for hydroxylation is 1. The van der Waals surface area contributed by atoms with Gasteiger partial charge in [0.25, 0.3) is 0 Å². The molecule has 0 aliphatic carbocycles. The molecular weight excluding hydrogens is 186 g/mol. The molecule has 0 bridgehead atoms. The van der Waals surface area contributed by atoms with Gasteiger partial charge in [0.2, 0.25) is 0 Å². The first kappa shape index (κ1) is 8.45. The summed E-state index contributed by atoms with van der Waals surface area (Å²) in [6.07, 6.45) is 1.89. The van der Waals surface area contributed by atoms with Crippen LogP contribution in [0.5, 0.6) is 5.75 Å². The summed E-state index contributed by atoms with van der Waals surface area (Å²) in [5.41, 5.74) is 2.10. The molecule has 0 saturated carbocycles. The fraction of sp³-hybridized carbons (Fsp3) is 0.200. The lowest BCUT2D eigenvalue weighted by Crippen LogP contribution is -1.86. The zero-order chi connectivity index (χ0) is 9.42. The average molecular weight is 196 g/mol. The number of methoxy groups -OCH3 is 1. The Kier molecular flexibility index (Phi) is 1.93. The Hall–Kier alpha value is -1.15. The van der Waals surface area contributed by atoms with Crippen LogP contribution in [0.2, 0.25) is 5.02 Å². The number of halogens is 1. The van der Waals surface area contributed by atoms with Gasteiger partial charge in [0.1, 0.15) is 5.75 Å². The van der Waals surface area contributed by atoms with Gasteiger partial charge in [-0.1, -0.05) is 11.6 Å². The van der Waals surface area contributed by atoms with Gasteiger partial charge in [0.05, 0.1) is 12.6 Å². The largest absolute Gasteiger partial charge is 0.496 e. The highest BCUT2D eigenvalue weighted by Gasteiger charge is 2.08. The van der Waals surface area contributed by atoms with Gasteiger partial charge in [0.15, 0.2) is 0 Å². The lowest BCUT2D eigenvalue weighted by atomic mass is 10.1. The maximum Gasteiger partial charge on any atom is 0.129 e. The number of benzene rings is 1. The highest BCUT2D eigenvalue weighted by atomic mass is 35.5. The monoisotopic (exact) mass is 195 g/mol. The molecule has 0 aliphatic rings. The number of fused-ring (bicyclic) bond motifs is 1. The van der Waals surface area contributed by atoms with E-state index in [0.29, 0.717) is 0 Å². The van der Waals surface area contributed by atoms with Crippen molar-refractivity contribution < 1.29 is 4.74 Å². The first-order valence-corrected chi connectivity index (χ1v) is 4.42. The molecule has 0 unspecified atom stereocenters. The van der Waals surface area contributed by atoms with E-state index in [1.54, 1.807) is 7.11 Å². The Morgan fingerprint density at radius 2 is 2.23 bits per heavy atom. The number of nitrogens with one attached hydrogen (secondary N) is 1. The van der Waals surface area contributed by atoms with Crippen molar-refractivity contribution in [3.63, 3.8) is 0 Å². The number of hydrogen-bond acceptors (Lipinski definition) is 1. The van der Waals surface area contributed by atoms with Crippen molar-refractivity contribution in [3.05, 3.63) is 28.9 Å². The third-order valence-electron chi connectivity index (χ3n) is 2.22. The van der Waals surface area contributed by atoms with Gasteiger partial charge >= 0.3 is 0 Å². The van der Waals surface area contributed by atoms with Crippen LogP contribution in [0.3, 0.4) is 0 Å². The summed E-state index contributed by atoms with van der Waals surface area (Å²) >= 11 is 6.03. The van der Waals surface area contributed by atoms with Gasteiger partial charge in [-0.2, -0.15) is 0 Å². The molecule has 0 atom stereocenters. The van der Waals surface area contributed by atoms with Gasteiger partial charge in [-0.15, -0.1) is 0 Å². The Labute approximate surface area is 81.5 Å². The lowest BCUT2D eigenvalue weighted by Gasteiger charge is -2.05. The van der Waals surface area contributed by atoms with Crippen molar-refractivity contribution in [2.24, 2.45) is 0 Å². The number of aromatic amines is 1. The molecule has 3 heteroatoms. The molecule has 0 radical (unpaired) electrons. The Morgan fingerprint density at radius 3 is 2.92 bits per heavy atom. The predicted molar refractivity (Wildman–Crippen MR) is 54.6 cm³/mol. The fourth-order valence-corrected chi connectivity index (χ4v) is 1.67. The van der Waals surface area contributed by atoms with E-state index >= 15 is 0 Å². The highest BCUT2D eigenvalue weighted by Crippen LogP contribution is 2.32. The second kappa shape index (κ2) is 2.96. The molecule has 2 rings (SSSR count). The first-order valence-electron chi connectivity index (χ1n) is 4.04. The standard InChI is InChI=1S/C10H10ClNO/c1-6-8(11)5-9(13-2)7-3-4-12-10(6)7/h3-5,12H,1-2H3. The summed E-state index contributed by atoms with van der Waals surface area (Å²) in [7, 11) is 1.65. The zero-order valence-corrected chi connectivity index (χ0v) is 8.27. The Balaban J connectivity index is 2.87. The van der Waals surface area contributed by atoms with Crippen LogP contribution in [-0.4, -0.2) is 12.1 Å². The summed E-state index contributed by atoms with van der Waals surface area (Å²) in [4.78, 5) is 3.14. The van der Waals surface area contributed by atoms with E-state index in [4.69, 9.17) is 16.3 Å². The zero-order valence-electron chi connectivity index (χ0n) is 7.52. The van der Waals surface area contributed by atoms with E-state index < -0.39 is 0 Å². The molecule has 1 N–H and O–H groups in total. The van der Waals surface area contributed by atoms with E-state index in [9.17, 15) is 0 Å². The summed E-state index contributed by atoms with van der Waals surface area (Å²) < 4.78 is 5.22. The van der Waals surface area contributed by atoms with Crippen LogP contribution in [0.25, 0.3) is 10.9 Å². The molecular formula is C10H10ClNO. The van der Waals surface area contributed by atoms with Crippen LogP contribution in [0.15, 0.2) is 18.3 Å². The van der Waals surface area contributed by atoms with E-state index in [1.807, 2.05) is 25.3 Å². The molecule has 0 aliphatic heterocycles. The van der Waals surface area contributed by atoms with Crippen molar-refractivity contribution in [3.8, 4) is 5.75 Å². The quantitative estimate of drug-likeness (QED) is 0.743. The topological polar surface area (TPSA) is 25.0 Å². The Bertz CT molecular complexity index is 447. The molecule has 1 aromatic heterocycles. The van der Waals surface area contributed by atoms with E-state index in [2.05, 4.69) is 4.98 Å².